The number of carbonyl (C=O) groups excluding carboxylic acids is 1. The van der Waals surface area contributed by atoms with Crippen molar-refractivity contribution in [3.8, 4) is 5.75 Å². The number of benzene rings is 3. The van der Waals surface area contributed by atoms with Crippen molar-refractivity contribution in [3.05, 3.63) is 95.6 Å². The number of methoxy groups -OCH3 is 1. The summed E-state index contributed by atoms with van der Waals surface area (Å²) in [5.41, 5.74) is 4.38. The molecule has 0 aliphatic carbocycles. The molecule has 0 saturated carbocycles. The van der Waals surface area contributed by atoms with E-state index in [1.54, 1.807) is 7.11 Å². The molecule has 5 rings (SSSR count). The fourth-order valence-corrected chi connectivity index (χ4v) is 6.51. The van der Waals surface area contributed by atoms with Gasteiger partial charge in [-0.05, 0) is 81.4 Å². The number of hydrogen-bond acceptors (Lipinski definition) is 4. The first-order valence-electron chi connectivity index (χ1n) is 14.3. The zero-order valence-corrected chi connectivity index (χ0v) is 24.2. The monoisotopic (exact) mass is 538 g/mol. The molecule has 0 bridgehead atoms. The van der Waals surface area contributed by atoms with E-state index >= 15 is 0 Å². The summed E-state index contributed by atoms with van der Waals surface area (Å²) in [6.45, 7) is 5.87. The highest BCUT2D eigenvalue weighted by atomic mass is 16.5. The zero-order chi connectivity index (χ0) is 28.1. The highest BCUT2D eigenvalue weighted by molar-refractivity contribution is 5.89. The predicted octanol–water partition coefficient (Wildman–Crippen LogP) is 6.28. The van der Waals surface area contributed by atoms with Crippen molar-refractivity contribution >= 4 is 23.9 Å². The number of likely N-dealkylation sites (N-methyl/N-ethyl adjacent to an activating group) is 1. The third-order valence-electron chi connectivity index (χ3n) is 8.44. The zero-order valence-electron chi connectivity index (χ0n) is 24.2. The molecular formula is C34H42N4O2. The average Bonchev–Trinajstić information content (AvgIpc) is 2.95. The number of nitrogens with zero attached hydrogens (tertiary/aromatic N) is 3. The van der Waals surface area contributed by atoms with Crippen LogP contribution in [-0.2, 0) is 0 Å². The average molecular weight is 539 g/mol. The van der Waals surface area contributed by atoms with Crippen LogP contribution in [0.25, 0.3) is 12.2 Å². The van der Waals surface area contributed by atoms with Crippen molar-refractivity contribution < 1.29 is 9.53 Å². The Morgan fingerprint density at radius 1 is 0.950 bits per heavy atom. The van der Waals surface area contributed by atoms with Crippen LogP contribution in [-0.4, -0.2) is 79.7 Å². The maximum absolute atomic E-state index is 13.5. The Bertz CT molecular complexity index is 1290. The lowest BCUT2D eigenvalue weighted by Gasteiger charge is -2.65. The number of anilines is 1. The molecule has 210 valence electrons. The first kappa shape index (κ1) is 27.9. The van der Waals surface area contributed by atoms with E-state index in [2.05, 4.69) is 96.8 Å². The van der Waals surface area contributed by atoms with Gasteiger partial charge in [-0.25, -0.2) is 4.79 Å². The number of nitrogens with one attached hydrogen (secondary N) is 1. The van der Waals surface area contributed by atoms with Crippen molar-refractivity contribution in [2.24, 2.45) is 0 Å². The van der Waals surface area contributed by atoms with Gasteiger partial charge in [-0.2, -0.15) is 0 Å². The molecule has 2 amide bonds. The summed E-state index contributed by atoms with van der Waals surface area (Å²) in [7, 11) is 5.96. The Kier molecular flexibility index (Phi) is 8.57. The molecule has 0 aromatic heterocycles. The molecule has 3 atom stereocenters. The van der Waals surface area contributed by atoms with Crippen LogP contribution < -0.4 is 10.1 Å². The molecule has 0 spiro atoms. The second kappa shape index (κ2) is 12.3. The molecule has 2 fully saturated rings. The molecule has 6 nitrogen and oxygen atoms in total. The normalized spacial score (nSPS) is 23.3. The number of ether oxygens (including phenoxy) is 1. The smallest absolute Gasteiger partial charge is 0.321 e. The lowest BCUT2D eigenvalue weighted by Crippen LogP contribution is -2.76. The molecule has 2 heterocycles. The van der Waals surface area contributed by atoms with E-state index in [0.717, 1.165) is 43.9 Å². The van der Waals surface area contributed by atoms with E-state index in [9.17, 15) is 4.79 Å². The van der Waals surface area contributed by atoms with Gasteiger partial charge in [0.2, 0.25) is 0 Å². The first-order valence-corrected chi connectivity index (χ1v) is 14.3. The fraction of sp³-hybridized carbons (Fsp3) is 0.382. The predicted molar refractivity (Wildman–Crippen MR) is 165 cm³/mol. The van der Waals surface area contributed by atoms with Crippen LogP contribution in [0, 0.1) is 0 Å². The maximum atomic E-state index is 13.5. The third-order valence-corrected chi connectivity index (χ3v) is 8.44. The summed E-state index contributed by atoms with van der Waals surface area (Å²) in [4.78, 5) is 20.5. The molecule has 2 aliphatic rings. The van der Waals surface area contributed by atoms with Crippen molar-refractivity contribution in [1.29, 1.82) is 0 Å². The van der Waals surface area contributed by atoms with E-state index in [-0.39, 0.29) is 11.6 Å². The summed E-state index contributed by atoms with van der Waals surface area (Å²) in [5, 5.41) is 3.12. The Morgan fingerprint density at radius 3 is 2.25 bits per heavy atom. The lowest BCUT2D eigenvalue weighted by atomic mass is 9.64. The number of urea groups is 1. The van der Waals surface area contributed by atoms with Crippen LogP contribution >= 0.6 is 0 Å². The summed E-state index contributed by atoms with van der Waals surface area (Å²) in [6.07, 6.45) is 6.42. The molecule has 3 aromatic carbocycles. The van der Waals surface area contributed by atoms with Gasteiger partial charge in [0.1, 0.15) is 5.75 Å². The number of amides is 2. The standard InChI is InChI=1S/C34H42N4O2/c1-34-25-37(33(39)35-29-18-20-30(40-4)21-19-29)22-8-9-23-38(34)31(24-36(2)3)32(34)28-16-14-27(15-17-28)13-12-26-10-6-5-7-11-26/h5-7,10-21,31-32H,8-9,22-25H2,1-4H3,(H,35,39)/t31-,32?,34-/m1/s1. The minimum absolute atomic E-state index is 0.0375. The molecule has 1 N–H and O–H groups in total. The van der Waals surface area contributed by atoms with Gasteiger partial charge in [-0.15, -0.1) is 0 Å². The largest absolute Gasteiger partial charge is 0.497 e. The van der Waals surface area contributed by atoms with Gasteiger partial charge in [-0.3, -0.25) is 4.90 Å². The Hall–Kier alpha value is -3.61. The minimum atomic E-state index is -0.139. The van der Waals surface area contributed by atoms with E-state index in [1.165, 1.54) is 16.7 Å². The molecule has 6 heteroatoms. The molecule has 1 unspecified atom stereocenters. The molecule has 3 aromatic rings. The summed E-state index contributed by atoms with van der Waals surface area (Å²) < 4.78 is 5.26. The summed E-state index contributed by atoms with van der Waals surface area (Å²) in [5.74, 6) is 1.11. The highest BCUT2D eigenvalue weighted by Crippen LogP contribution is 2.50. The van der Waals surface area contributed by atoms with Crippen molar-refractivity contribution in [3.63, 3.8) is 0 Å². The second-order valence-electron chi connectivity index (χ2n) is 11.6. The van der Waals surface area contributed by atoms with E-state index in [1.807, 2.05) is 35.2 Å². The van der Waals surface area contributed by atoms with Crippen LogP contribution in [0.1, 0.15) is 42.4 Å². The van der Waals surface area contributed by atoms with Crippen LogP contribution in [0.15, 0.2) is 78.9 Å². The van der Waals surface area contributed by atoms with Gasteiger partial charge in [0, 0.05) is 42.8 Å². The number of fused-ring (bicyclic) bond motifs is 1. The van der Waals surface area contributed by atoms with E-state index in [4.69, 9.17) is 4.74 Å². The summed E-state index contributed by atoms with van der Waals surface area (Å²) >= 11 is 0. The van der Waals surface area contributed by atoms with Crippen LogP contribution in [0.3, 0.4) is 0 Å². The van der Waals surface area contributed by atoms with Gasteiger partial charge >= 0.3 is 6.03 Å². The van der Waals surface area contributed by atoms with Gasteiger partial charge in [0.05, 0.1) is 7.11 Å². The molecule has 2 saturated heterocycles. The Balaban J connectivity index is 1.37. The topological polar surface area (TPSA) is 48.1 Å². The molecular weight excluding hydrogens is 496 g/mol. The number of rotatable bonds is 7. The maximum Gasteiger partial charge on any atom is 0.321 e. The minimum Gasteiger partial charge on any atom is -0.497 e. The third kappa shape index (κ3) is 6.08. The van der Waals surface area contributed by atoms with Crippen molar-refractivity contribution in [2.75, 3.05) is 52.7 Å². The Labute approximate surface area is 239 Å². The van der Waals surface area contributed by atoms with Gasteiger partial charge in [0.15, 0.2) is 0 Å². The lowest BCUT2D eigenvalue weighted by molar-refractivity contribution is -0.113. The molecule has 40 heavy (non-hydrogen) atoms. The number of carbonyl (C=O) groups is 1. The Morgan fingerprint density at radius 2 is 1.60 bits per heavy atom. The highest BCUT2D eigenvalue weighted by Gasteiger charge is 2.58. The number of hydrogen-bond donors (Lipinski definition) is 1. The van der Waals surface area contributed by atoms with Gasteiger partial charge in [0.25, 0.3) is 0 Å². The van der Waals surface area contributed by atoms with E-state index in [0.29, 0.717) is 18.5 Å². The van der Waals surface area contributed by atoms with Crippen LogP contribution in [0.2, 0.25) is 0 Å². The quantitative estimate of drug-likeness (QED) is 0.360. The van der Waals surface area contributed by atoms with Gasteiger partial charge in [-0.1, -0.05) is 66.7 Å². The molecule has 2 aliphatic heterocycles. The van der Waals surface area contributed by atoms with Crippen LogP contribution in [0.4, 0.5) is 10.5 Å². The fourth-order valence-electron chi connectivity index (χ4n) is 6.51. The summed E-state index contributed by atoms with van der Waals surface area (Å²) in [6, 6.07) is 27.3. The van der Waals surface area contributed by atoms with Crippen LogP contribution in [0.5, 0.6) is 5.75 Å². The van der Waals surface area contributed by atoms with Crippen molar-refractivity contribution in [1.82, 2.24) is 14.7 Å². The second-order valence-corrected chi connectivity index (χ2v) is 11.6. The SMILES string of the molecule is COc1ccc(NC(=O)N2CCCCN3[C@H](CN(C)C)C(c4ccc(C=Cc5ccccc5)cc4)[C@@]3(C)C2)cc1. The molecule has 0 radical (unpaired) electrons. The van der Waals surface area contributed by atoms with Gasteiger partial charge < -0.3 is 19.9 Å². The van der Waals surface area contributed by atoms with E-state index < -0.39 is 0 Å². The first-order chi connectivity index (χ1) is 19.4. The van der Waals surface area contributed by atoms with Crippen molar-refractivity contribution in [2.45, 2.75) is 37.3 Å².